The molecule has 1 aromatic heterocycles. The van der Waals surface area contributed by atoms with Crippen LogP contribution in [0.2, 0.25) is 0 Å². The van der Waals surface area contributed by atoms with Crippen molar-refractivity contribution < 1.29 is 0 Å². The van der Waals surface area contributed by atoms with Gasteiger partial charge in [0.2, 0.25) is 0 Å². The summed E-state index contributed by atoms with van der Waals surface area (Å²) >= 11 is 0. The molecule has 78 valence electrons. The van der Waals surface area contributed by atoms with E-state index in [2.05, 4.69) is 16.5 Å². The minimum Gasteiger partial charge on any atom is -0.399 e. The van der Waals surface area contributed by atoms with Crippen LogP contribution in [0.25, 0.3) is 5.69 Å². The lowest BCUT2D eigenvalue weighted by Gasteiger charge is -2.08. The summed E-state index contributed by atoms with van der Waals surface area (Å²) in [6.07, 6.45) is 0. The summed E-state index contributed by atoms with van der Waals surface area (Å²) in [5, 5.41) is 0. The Labute approximate surface area is 89.6 Å². The lowest BCUT2D eigenvalue weighted by molar-refractivity contribution is 0.941. The number of nitrogens with two attached hydrogens (primary N) is 1. The van der Waals surface area contributed by atoms with E-state index in [0.717, 1.165) is 28.6 Å². The molecule has 15 heavy (non-hydrogen) atoms. The molecule has 3 nitrogen and oxygen atoms in total. The molecule has 0 aliphatic rings. The van der Waals surface area contributed by atoms with Gasteiger partial charge in [0, 0.05) is 17.1 Å². The fraction of sp³-hybridized carbons (Fsp3) is 0.250. The van der Waals surface area contributed by atoms with Crippen LogP contribution >= 0.6 is 0 Å². The van der Waals surface area contributed by atoms with Crippen molar-refractivity contribution in [3.8, 4) is 5.69 Å². The maximum Gasteiger partial charge on any atom is 0.110 e. The van der Waals surface area contributed by atoms with Crippen LogP contribution in [-0.4, -0.2) is 9.55 Å². The molecule has 2 N–H and O–H groups in total. The first-order chi connectivity index (χ1) is 7.09. The molecule has 1 aromatic carbocycles. The summed E-state index contributed by atoms with van der Waals surface area (Å²) in [7, 11) is 0. The van der Waals surface area contributed by atoms with Gasteiger partial charge in [-0.3, -0.25) is 0 Å². The van der Waals surface area contributed by atoms with E-state index < -0.39 is 0 Å². The van der Waals surface area contributed by atoms with Crippen molar-refractivity contribution in [3.63, 3.8) is 0 Å². The van der Waals surface area contributed by atoms with Crippen molar-refractivity contribution in [2.24, 2.45) is 0 Å². The Hall–Kier alpha value is -1.77. The van der Waals surface area contributed by atoms with Crippen LogP contribution in [0.5, 0.6) is 0 Å². The Morgan fingerprint density at radius 2 is 1.93 bits per heavy atom. The Kier molecular flexibility index (Phi) is 2.23. The molecule has 0 amide bonds. The van der Waals surface area contributed by atoms with Crippen molar-refractivity contribution in [1.82, 2.24) is 9.55 Å². The molecule has 0 spiro atoms. The van der Waals surface area contributed by atoms with Gasteiger partial charge in [0.05, 0.1) is 5.69 Å². The number of rotatable bonds is 1. The quantitative estimate of drug-likeness (QED) is 0.720. The molecule has 0 atom stereocenters. The predicted octanol–water partition coefficient (Wildman–Crippen LogP) is 2.38. The van der Waals surface area contributed by atoms with Crippen molar-refractivity contribution in [2.45, 2.75) is 20.8 Å². The Balaban J connectivity index is 2.63. The third-order valence-electron chi connectivity index (χ3n) is 2.64. The van der Waals surface area contributed by atoms with E-state index in [4.69, 9.17) is 5.73 Å². The number of benzene rings is 1. The second-order valence-corrected chi connectivity index (χ2v) is 3.76. The van der Waals surface area contributed by atoms with Crippen LogP contribution in [0.4, 0.5) is 5.69 Å². The molecule has 0 saturated heterocycles. The molecular weight excluding hydrogens is 186 g/mol. The monoisotopic (exact) mass is 201 g/mol. The lowest BCUT2D eigenvalue weighted by atomic mass is 10.2. The molecule has 0 aliphatic carbocycles. The van der Waals surface area contributed by atoms with Gasteiger partial charge < -0.3 is 10.3 Å². The summed E-state index contributed by atoms with van der Waals surface area (Å²) in [4.78, 5) is 4.44. The van der Waals surface area contributed by atoms with Gasteiger partial charge in [-0.05, 0) is 39.0 Å². The number of aromatic nitrogens is 2. The first-order valence-electron chi connectivity index (χ1n) is 4.98. The molecular formula is C12H15N3. The van der Waals surface area contributed by atoms with Crippen molar-refractivity contribution in [3.05, 3.63) is 41.5 Å². The maximum atomic E-state index is 5.77. The molecule has 0 unspecified atom stereocenters. The fourth-order valence-electron chi connectivity index (χ4n) is 1.82. The van der Waals surface area contributed by atoms with E-state index in [9.17, 15) is 0 Å². The van der Waals surface area contributed by atoms with E-state index >= 15 is 0 Å². The molecule has 0 saturated carbocycles. The topological polar surface area (TPSA) is 43.8 Å². The average molecular weight is 201 g/mol. The van der Waals surface area contributed by atoms with Crippen molar-refractivity contribution in [1.29, 1.82) is 0 Å². The normalized spacial score (nSPS) is 10.6. The van der Waals surface area contributed by atoms with Crippen LogP contribution in [0.1, 0.15) is 17.2 Å². The molecule has 0 aliphatic heterocycles. The van der Waals surface area contributed by atoms with Crippen LogP contribution in [0.3, 0.4) is 0 Å². The summed E-state index contributed by atoms with van der Waals surface area (Å²) < 4.78 is 2.12. The summed E-state index contributed by atoms with van der Waals surface area (Å²) in [5.41, 5.74) is 9.85. The molecule has 1 heterocycles. The third-order valence-corrected chi connectivity index (χ3v) is 2.64. The molecule has 2 aromatic rings. The second-order valence-electron chi connectivity index (χ2n) is 3.76. The maximum absolute atomic E-state index is 5.77. The van der Waals surface area contributed by atoms with E-state index in [-0.39, 0.29) is 0 Å². The minimum absolute atomic E-state index is 0.776. The predicted molar refractivity (Wildman–Crippen MR) is 62.2 cm³/mol. The number of nitrogen functional groups attached to an aromatic ring is 1. The van der Waals surface area contributed by atoms with Gasteiger partial charge in [0.1, 0.15) is 5.82 Å². The SMILES string of the molecule is Cc1nc(C)n(-c2cccc(N)c2)c1C. The Morgan fingerprint density at radius 3 is 2.47 bits per heavy atom. The van der Waals surface area contributed by atoms with E-state index in [1.54, 1.807) is 0 Å². The third kappa shape index (κ3) is 1.61. The average Bonchev–Trinajstić information content (AvgIpc) is 2.41. The summed E-state index contributed by atoms with van der Waals surface area (Å²) in [6.45, 7) is 6.09. The van der Waals surface area contributed by atoms with Gasteiger partial charge in [-0.15, -0.1) is 0 Å². The highest BCUT2D eigenvalue weighted by Gasteiger charge is 2.08. The molecule has 2 rings (SSSR count). The largest absolute Gasteiger partial charge is 0.399 e. The molecule has 3 heteroatoms. The second kappa shape index (κ2) is 3.42. The van der Waals surface area contributed by atoms with Gasteiger partial charge in [0.25, 0.3) is 0 Å². The van der Waals surface area contributed by atoms with Crippen molar-refractivity contribution in [2.75, 3.05) is 5.73 Å². The molecule has 0 radical (unpaired) electrons. The van der Waals surface area contributed by atoms with E-state index in [1.807, 2.05) is 38.1 Å². The van der Waals surface area contributed by atoms with Gasteiger partial charge in [-0.2, -0.15) is 0 Å². The standard InChI is InChI=1S/C12H15N3/c1-8-9(2)15(10(3)14-8)12-6-4-5-11(13)7-12/h4-7H,13H2,1-3H3. The number of aryl methyl sites for hydroxylation is 2. The Morgan fingerprint density at radius 1 is 1.20 bits per heavy atom. The van der Waals surface area contributed by atoms with Crippen LogP contribution in [0, 0.1) is 20.8 Å². The van der Waals surface area contributed by atoms with Crippen LogP contribution in [0.15, 0.2) is 24.3 Å². The number of hydrogen-bond acceptors (Lipinski definition) is 2. The van der Waals surface area contributed by atoms with Gasteiger partial charge in [0.15, 0.2) is 0 Å². The number of hydrogen-bond donors (Lipinski definition) is 1. The number of imidazole rings is 1. The van der Waals surface area contributed by atoms with Crippen LogP contribution in [-0.2, 0) is 0 Å². The first-order valence-corrected chi connectivity index (χ1v) is 4.98. The van der Waals surface area contributed by atoms with Gasteiger partial charge in [-0.25, -0.2) is 4.98 Å². The van der Waals surface area contributed by atoms with Crippen LogP contribution < -0.4 is 5.73 Å². The lowest BCUT2D eigenvalue weighted by Crippen LogP contribution is -2.00. The molecule has 0 bridgehead atoms. The minimum atomic E-state index is 0.776. The van der Waals surface area contributed by atoms with Crippen molar-refractivity contribution >= 4 is 5.69 Å². The van der Waals surface area contributed by atoms with Gasteiger partial charge >= 0.3 is 0 Å². The smallest absolute Gasteiger partial charge is 0.110 e. The highest BCUT2D eigenvalue weighted by molar-refractivity contribution is 5.49. The Bertz CT molecular complexity index is 498. The summed E-state index contributed by atoms with van der Waals surface area (Å²) in [6, 6.07) is 7.84. The van der Waals surface area contributed by atoms with E-state index in [1.165, 1.54) is 0 Å². The molecule has 0 fully saturated rings. The fourth-order valence-corrected chi connectivity index (χ4v) is 1.82. The first kappa shape index (κ1) is 9.77. The zero-order chi connectivity index (χ0) is 11.0. The zero-order valence-corrected chi connectivity index (χ0v) is 9.28. The van der Waals surface area contributed by atoms with E-state index in [0.29, 0.717) is 0 Å². The zero-order valence-electron chi connectivity index (χ0n) is 9.28. The van der Waals surface area contributed by atoms with Gasteiger partial charge in [-0.1, -0.05) is 6.07 Å². The number of nitrogens with zero attached hydrogens (tertiary/aromatic N) is 2. The summed E-state index contributed by atoms with van der Waals surface area (Å²) in [5.74, 6) is 0.996. The number of anilines is 1. The highest BCUT2D eigenvalue weighted by atomic mass is 15.1. The highest BCUT2D eigenvalue weighted by Crippen LogP contribution is 2.18.